The number of nitrogens with one attached hydrogen (secondary N) is 1. The second-order valence-electron chi connectivity index (χ2n) is 8.20. The highest BCUT2D eigenvalue weighted by Gasteiger charge is 2.36. The molecule has 1 nitrogen and oxygen atoms in total. The minimum Gasteiger partial charge on any atom is -0.314 e. The highest BCUT2D eigenvalue weighted by atomic mass is 14.9. The molecule has 2 rings (SSSR count). The molecule has 0 heterocycles. The minimum atomic E-state index is 0.482. The van der Waals surface area contributed by atoms with Crippen LogP contribution in [-0.4, -0.2) is 12.6 Å². The molecular formula is C20H33N. The van der Waals surface area contributed by atoms with Crippen LogP contribution in [0.15, 0.2) is 18.2 Å². The molecule has 1 heteroatoms. The largest absolute Gasteiger partial charge is 0.314 e. The molecule has 0 amide bonds. The Balaban J connectivity index is 2.24. The van der Waals surface area contributed by atoms with Crippen molar-refractivity contribution in [2.75, 3.05) is 6.54 Å². The van der Waals surface area contributed by atoms with E-state index in [-0.39, 0.29) is 0 Å². The van der Waals surface area contributed by atoms with Crippen molar-refractivity contribution in [2.24, 2.45) is 11.3 Å². The van der Waals surface area contributed by atoms with Crippen LogP contribution in [0.25, 0.3) is 0 Å². The third-order valence-electron chi connectivity index (χ3n) is 5.15. The fourth-order valence-corrected chi connectivity index (χ4v) is 3.88. The van der Waals surface area contributed by atoms with Crippen molar-refractivity contribution >= 4 is 0 Å². The van der Waals surface area contributed by atoms with Crippen LogP contribution in [0, 0.1) is 25.2 Å². The predicted molar refractivity (Wildman–Crippen MR) is 92.9 cm³/mol. The maximum absolute atomic E-state index is 3.67. The Hall–Kier alpha value is -0.820. The van der Waals surface area contributed by atoms with Gasteiger partial charge < -0.3 is 5.32 Å². The van der Waals surface area contributed by atoms with E-state index >= 15 is 0 Å². The zero-order chi connectivity index (χ0) is 15.6. The molecule has 0 saturated heterocycles. The third kappa shape index (κ3) is 4.32. The monoisotopic (exact) mass is 287 g/mol. The summed E-state index contributed by atoms with van der Waals surface area (Å²) in [6.07, 6.45) is 4.03. The number of rotatable bonds is 4. The molecular weight excluding hydrogens is 254 g/mol. The summed E-state index contributed by atoms with van der Waals surface area (Å²) < 4.78 is 0. The summed E-state index contributed by atoms with van der Waals surface area (Å²) >= 11 is 0. The molecule has 118 valence electrons. The lowest BCUT2D eigenvalue weighted by Crippen LogP contribution is -2.37. The zero-order valence-corrected chi connectivity index (χ0v) is 14.8. The molecule has 1 N–H and O–H groups in total. The Morgan fingerprint density at radius 1 is 1.24 bits per heavy atom. The molecule has 0 aromatic heterocycles. The van der Waals surface area contributed by atoms with Gasteiger partial charge in [0.05, 0.1) is 0 Å². The first-order chi connectivity index (χ1) is 9.78. The lowest BCUT2D eigenvalue weighted by Gasteiger charge is -2.42. The van der Waals surface area contributed by atoms with E-state index in [0.29, 0.717) is 17.4 Å². The van der Waals surface area contributed by atoms with Crippen LogP contribution < -0.4 is 5.32 Å². The van der Waals surface area contributed by atoms with Crippen LogP contribution in [0.2, 0.25) is 0 Å². The van der Waals surface area contributed by atoms with Gasteiger partial charge in [-0.15, -0.1) is 0 Å². The Labute approximate surface area is 131 Å². The summed E-state index contributed by atoms with van der Waals surface area (Å²) in [4.78, 5) is 0. The molecule has 0 radical (unpaired) electrons. The summed E-state index contributed by atoms with van der Waals surface area (Å²) in [6.45, 7) is 15.0. The molecule has 1 aliphatic carbocycles. The van der Waals surface area contributed by atoms with E-state index < -0.39 is 0 Å². The smallest absolute Gasteiger partial charge is 0.00104 e. The number of hydrogen-bond acceptors (Lipinski definition) is 1. The van der Waals surface area contributed by atoms with Gasteiger partial charge in [-0.25, -0.2) is 0 Å². The first-order valence-electron chi connectivity index (χ1n) is 8.59. The summed E-state index contributed by atoms with van der Waals surface area (Å²) in [5.74, 6) is 1.49. The highest BCUT2D eigenvalue weighted by molar-refractivity contribution is 5.34. The predicted octanol–water partition coefficient (Wildman–Crippen LogP) is 5.21. The van der Waals surface area contributed by atoms with Gasteiger partial charge in [0.2, 0.25) is 0 Å². The second kappa shape index (κ2) is 6.52. The van der Waals surface area contributed by atoms with Crippen LogP contribution in [-0.2, 0) is 0 Å². The Kier molecular flexibility index (Phi) is 5.14. The van der Waals surface area contributed by atoms with E-state index in [4.69, 9.17) is 0 Å². The third-order valence-corrected chi connectivity index (χ3v) is 5.15. The Bertz CT molecular complexity index is 471. The van der Waals surface area contributed by atoms with Crippen molar-refractivity contribution < 1.29 is 0 Å². The molecule has 1 fully saturated rings. The van der Waals surface area contributed by atoms with Crippen LogP contribution in [0.4, 0.5) is 0 Å². The quantitative estimate of drug-likeness (QED) is 0.801. The van der Waals surface area contributed by atoms with Crippen LogP contribution in [0.5, 0.6) is 0 Å². The molecule has 0 aliphatic heterocycles. The topological polar surface area (TPSA) is 12.0 Å². The molecule has 1 aliphatic rings. The average molecular weight is 287 g/mol. The van der Waals surface area contributed by atoms with Gasteiger partial charge in [0.1, 0.15) is 0 Å². The van der Waals surface area contributed by atoms with Crippen molar-refractivity contribution in [1.29, 1.82) is 0 Å². The fraction of sp³-hybridized carbons (Fsp3) is 0.700. The Morgan fingerprint density at radius 3 is 2.57 bits per heavy atom. The number of hydrogen-bond donors (Lipinski definition) is 1. The lowest BCUT2D eigenvalue weighted by atomic mass is 9.64. The van der Waals surface area contributed by atoms with E-state index in [2.05, 4.69) is 65.1 Å². The standard InChI is InChI=1S/C20H33N/c1-14(2)21-13-17-9-10-20(5,6)12-19(17)18-8-7-15(3)11-16(18)4/h7-8,11,14,17,19,21H,9-10,12-13H2,1-6H3. The minimum absolute atomic E-state index is 0.482. The van der Waals surface area contributed by atoms with Gasteiger partial charge >= 0.3 is 0 Å². The summed E-state index contributed by atoms with van der Waals surface area (Å²) in [7, 11) is 0. The second-order valence-corrected chi connectivity index (χ2v) is 8.20. The van der Waals surface area contributed by atoms with Gasteiger partial charge in [-0.05, 0) is 68.0 Å². The van der Waals surface area contributed by atoms with Gasteiger partial charge in [-0.3, -0.25) is 0 Å². The highest BCUT2D eigenvalue weighted by Crippen LogP contribution is 2.47. The van der Waals surface area contributed by atoms with Gasteiger partial charge in [0, 0.05) is 6.04 Å². The first kappa shape index (κ1) is 16.5. The van der Waals surface area contributed by atoms with Crippen molar-refractivity contribution in [3.05, 3.63) is 34.9 Å². The molecule has 21 heavy (non-hydrogen) atoms. The molecule has 1 aromatic carbocycles. The Morgan fingerprint density at radius 2 is 1.95 bits per heavy atom. The molecule has 1 aromatic rings. The molecule has 1 saturated carbocycles. The van der Waals surface area contributed by atoms with Crippen molar-refractivity contribution in [3.63, 3.8) is 0 Å². The van der Waals surface area contributed by atoms with Gasteiger partial charge in [0.15, 0.2) is 0 Å². The van der Waals surface area contributed by atoms with Crippen molar-refractivity contribution in [2.45, 2.75) is 72.8 Å². The van der Waals surface area contributed by atoms with E-state index in [1.165, 1.54) is 30.4 Å². The fourth-order valence-electron chi connectivity index (χ4n) is 3.88. The normalized spacial score (nSPS) is 25.3. The van der Waals surface area contributed by atoms with Gasteiger partial charge in [-0.1, -0.05) is 51.5 Å². The van der Waals surface area contributed by atoms with E-state index in [0.717, 1.165) is 12.5 Å². The molecule has 2 atom stereocenters. The van der Waals surface area contributed by atoms with Crippen LogP contribution >= 0.6 is 0 Å². The van der Waals surface area contributed by atoms with E-state index in [1.807, 2.05) is 0 Å². The molecule has 0 spiro atoms. The zero-order valence-electron chi connectivity index (χ0n) is 14.8. The molecule has 0 bridgehead atoms. The van der Waals surface area contributed by atoms with Crippen molar-refractivity contribution in [1.82, 2.24) is 5.32 Å². The van der Waals surface area contributed by atoms with Crippen LogP contribution in [0.1, 0.15) is 69.6 Å². The average Bonchev–Trinajstić information content (AvgIpc) is 2.36. The first-order valence-corrected chi connectivity index (χ1v) is 8.59. The number of benzene rings is 1. The van der Waals surface area contributed by atoms with Gasteiger partial charge in [-0.2, -0.15) is 0 Å². The lowest BCUT2D eigenvalue weighted by molar-refractivity contribution is 0.158. The van der Waals surface area contributed by atoms with Crippen LogP contribution in [0.3, 0.4) is 0 Å². The summed E-state index contributed by atoms with van der Waals surface area (Å²) in [5, 5.41) is 3.67. The molecule has 2 unspecified atom stereocenters. The summed E-state index contributed by atoms with van der Waals surface area (Å²) in [6, 6.07) is 7.61. The van der Waals surface area contributed by atoms with Gasteiger partial charge in [0.25, 0.3) is 0 Å². The SMILES string of the molecule is Cc1ccc(C2CC(C)(C)CCC2CNC(C)C)c(C)c1. The number of aryl methyl sites for hydroxylation is 2. The van der Waals surface area contributed by atoms with E-state index in [9.17, 15) is 0 Å². The summed E-state index contributed by atoms with van der Waals surface area (Å²) in [5.41, 5.74) is 4.93. The van der Waals surface area contributed by atoms with Crippen molar-refractivity contribution in [3.8, 4) is 0 Å². The maximum atomic E-state index is 3.67. The maximum Gasteiger partial charge on any atom is 0.00104 e. The van der Waals surface area contributed by atoms with E-state index in [1.54, 1.807) is 5.56 Å².